The van der Waals surface area contributed by atoms with Gasteiger partial charge in [-0.3, -0.25) is 9.59 Å². The van der Waals surface area contributed by atoms with Gasteiger partial charge in [0.2, 0.25) is 0 Å². The van der Waals surface area contributed by atoms with Gasteiger partial charge in [0.05, 0.1) is 22.2 Å². The van der Waals surface area contributed by atoms with Crippen molar-refractivity contribution in [2.75, 3.05) is 5.32 Å². The Kier molecular flexibility index (Phi) is 5.26. The van der Waals surface area contributed by atoms with E-state index < -0.39 is 11.6 Å². The van der Waals surface area contributed by atoms with Crippen molar-refractivity contribution in [2.24, 2.45) is 7.05 Å². The van der Waals surface area contributed by atoms with E-state index in [1.165, 1.54) is 17.7 Å². The van der Waals surface area contributed by atoms with Crippen LogP contribution in [0.5, 0.6) is 0 Å². The lowest BCUT2D eigenvalue weighted by Gasteiger charge is -2.21. The molecule has 0 unspecified atom stereocenters. The second-order valence-electron chi connectivity index (χ2n) is 7.48. The highest BCUT2D eigenvalue weighted by atomic mass is 35.5. The number of aromatic amines is 1. The molecule has 0 saturated carbocycles. The normalized spacial score (nSPS) is 12.6. The van der Waals surface area contributed by atoms with Gasteiger partial charge in [0.1, 0.15) is 17.5 Å². The van der Waals surface area contributed by atoms with Crippen LogP contribution in [0, 0.1) is 11.3 Å². The number of hydrogen-bond donors (Lipinski definition) is 3. The number of nitrogens with one attached hydrogen (secondary N) is 2. The van der Waals surface area contributed by atoms with Gasteiger partial charge < -0.3 is 20.0 Å². The van der Waals surface area contributed by atoms with Crippen molar-refractivity contribution in [3.8, 4) is 6.07 Å². The molecule has 150 valence electrons. The van der Waals surface area contributed by atoms with Crippen LogP contribution >= 0.6 is 11.6 Å². The number of hydrogen-bond acceptors (Lipinski definition) is 5. The van der Waals surface area contributed by atoms with Gasteiger partial charge in [-0.15, -0.1) is 0 Å². The third kappa shape index (κ3) is 3.77. The Hall–Kier alpha value is -3.08. The number of halogens is 1. The number of anilines is 1. The lowest BCUT2D eigenvalue weighted by Crippen LogP contribution is -2.26. The second-order valence-corrected chi connectivity index (χ2v) is 7.86. The SMILES string of the molecule is C[C@H](Nc1ccc(C#N)n(C)c1=O)c1cc2ccc(C(C)(C)O)c(Cl)c2[nH]c1=O. The molecular weight excluding hydrogens is 392 g/mol. The largest absolute Gasteiger partial charge is 0.386 e. The smallest absolute Gasteiger partial charge is 0.274 e. The van der Waals surface area contributed by atoms with Crippen LogP contribution in [0.1, 0.15) is 43.6 Å². The molecule has 1 atom stereocenters. The summed E-state index contributed by atoms with van der Waals surface area (Å²) in [6.45, 7) is 5.01. The first kappa shape index (κ1) is 20.6. The summed E-state index contributed by atoms with van der Waals surface area (Å²) in [6, 6.07) is 9.75. The number of benzene rings is 1. The Morgan fingerprint density at radius 1 is 1.28 bits per heavy atom. The van der Waals surface area contributed by atoms with Gasteiger partial charge in [0.15, 0.2) is 0 Å². The molecule has 2 aromatic heterocycles. The number of rotatable bonds is 4. The number of aliphatic hydroxyl groups is 1. The Labute approximate surface area is 172 Å². The molecule has 3 rings (SSSR count). The molecule has 0 amide bonds. The highest BCUT2D eigenvalue weighted by molar-refractivity contribution is 6.36. The van der Waals surface area contributed by atoms with Gasteiger partial charge in [-0.25, -0.2) is 0 Å². The van der Waals surface area contributed by atoms with E-state index in [0.29, 0.717) is 27.1 Å². The topological polar surface area (TPSA) is 111 Å². The minimum atomic E-state index is -1.15. The number of nitriles is 1. The molecule has 7 nitrogen and oxygen atoms in total. The van der Waals surface area contributed by atoms with Crippen molar-refractivity contribution in [2.45, 2.75) is 32.4 Å². The number of fused-ring (bicyclic) bond motifs is 1. The van der Waals surface area contributed by atoms with Crippen LogP contribution in [-0.4, -0.2) is 14.7 Å². The summed E-state index contributed by atoms with van der Waals surface area (Å²) in [5.74, 6) is 0. The van der Waals surface area contributed by atoms with Crippen molar-refractivity contribution in [1.29, 1.82) is 5.26 Å². The summed E-state index contributed by atoms with van der Waals surface area (Å²) < 4.78 is 1.25. The first-order valence-corrected chi connectivity index (χ1v) is 9.37. The van der Waals surface area contributed by atoms with Crippen LogP contribution in [0.2, 0.25) is 5.02 Å². The van der Waals surface area contributed by atoms with Crippen LogP contribution in [0.3, 0.4) is 0 Å². The number of aromatic nitrogens is 2. The first-order chi connectivity index (χ1) is 13.5. The summed E-state index contributed by atoms with van der Waals surface area (Å²) in [5, 5.41) is 23.3. The number of pyridine rings is 2. The molecule has 0 aliphatic carbocycles. The fourth-order valence-corrected chi connectivity index (χ4v) is 3.67. The molecule has 29 heavy (non-hydrogen) atoms. The minimum Gasteiger partial charge on any atom is -0.386 e. The first-order valence-electron chi connectivity index (χ1n) is 8.99. The van der Waals surface area contributed by atoms with Crippen LogP contribution in [0.15, 0.2) is 39.9 Å². The third-order valence-electron chi connectivity index (χ3n) is 4.90. The van der Waals surface area contributed by atoms with E-state index in [0.717, 1.165) is 0 Å². The van der Waals surface area contributed by atoms with E-state index in [1.807, 2.05) is 6.07 Å². The maximum Gasteiger partial charge on any atom is 0.274 e. The standard InChI is InChI=1S/C21H21ClN4O3/c1-11(24-16-8-6-13(10-23)26(4)20(16)28)14-9-12-5-7-15(21(2,3)29)17(22)18(12)25-19(14)27/h5-9,11,24,29H,1-4H3,(H,25,27)/t11-/m0/s1. The molecule has 0 radical (unpaired) electrons. The predicted molar refractivity (Wildman–Crippen MR) is 113 cm³/mol. The van der Waals surface area contributed by atoms with E-state index in [-0.39, 0.29) is 22.5 Å². The van der Waals surface area contributed by atoms with Gasteiger partial charge in [-0.05, 0) is 39.0 Å². The molecule has 0 aliphatic rings. The van der Waals surface area contributed by atoms with Crippen molar-refractivity contribution in [3.05, 3.63) is 72.9 Å². The lowest BCUT2D eigenvalue weighted by atomic mass is 9.96. The molecule has 0 aliphatic heterocycles. The predicted octanol–water partition coefficient (Wildman–Crippen LogP) is 3.15. The fraction of sp³-hybridized carbons (Fsp3) is 0.286. The fourth-order valence-electron chi connectivity index (χ4n) is 3.22. The summed E-state index contributed by atoms with van der Waals surface area (Å²) in [4.78, 5) is 27.9. The van der Waals surface area contributed by atoms with Gasteiger partial charge >= 0.3 is 0 Å². The molecule has 0 saturated heterocycles. The zero-order valence-corrected chi connectivity index (χ0v) is 17.3. The Morgan fingerprint density at radius 3 is 2.59 bits per heavy atom. The van der Waals surface area contributed by atoms with E-state index in [2.05, 4.69) is 10.3 Å². The summed E-state index contributed by atoms with van der Waals surface area (Å²) in [5.41, 5.74) is 0.0669. The summed E-state index contributed by atoms with van der Waals surface area (Å²) in [6.07, 6.45) is 0. The monoisotopic (exact) mass is 412 g/mol. The molecule has 1 aromatic carbocycles. The highest BCUT2D eigenvalue weighted by Crippen LogP contribution is 2.33. The van der Waals surface area contributed by atoms with Crippen LogP contribution in [0.25, 0.3) is 10.9 Å². The lowest BCUT2D eigenvalue weighted by molar-refractivity contribution is 0.0788. The van der Waals surface area contributed by atoms with Crippen LogP contribution < -0.4 is 16.4 Å². The zero-order chi connectivity index (χ0) is 21.5. The molecular formula is C21H21ClN4O3. The Balaban J connectivity index is 2.04. The van der Waals surface area contributed by atoms with E-state index in [9.17, 15) is 14.7 Å². The van der Waals surface area contributed by atoms with Crippen LogP contribution in [0.4, 0.5) is 5.69 Å². The Bertz CT molecular complexity index is 1260. The second kappa shape index (κ2) is 7.39. The summed E-state index contributed by atoms with van der Waals surface area (Å²) in [7, 11) is 1.52. The van der Waals surface area contributed by atoms with Gasteiger partial charge in [0, 0.05) is 23.6 Å². The van der Waals surface area contributed by atoms with Gasteiger partial charge in [-0.2, -0.15) is 5.26 Å². The van der Waals surface area contributed by atoms with Crippen molar-refractivity contribution in [3.63, 3.8) is 0 Å². The van der Waals surface area contributed by atoms with Gasteiger partial charge in [-0.1, -0.05) is 23.7 Å². The van der Waals surface area contributed by atoms with Crippen molar-refractivity contribution in [1.82, 2.24) is 9.55 Å². The molecule has 8 heteroatoms. The number of H-pyrrole nitrogens is 1. The van der Waals surface area contributed by atoms with E-state index in [1.54, 1.807) is 45.0 Å². The Morgan fingerprint density at radius 2 is 1.97 bits per heavy atom. The number of nitrogens with zero attached hydrogens (tertiary/aromatic N) is 2. The maximum absolute atomic E-state index is 12.7. The molecule has 0 fully saturated rings. The summed E-state index contributed by atoms with van der Waals surface area (Å²) >= 11 is 6.41. The minimum absolute atomic E-state index is 0.244. The van der Waals surface area contributed by atoms with Crippen molar-refractivity contribution >= 4 is 28.2 Å². The molecule has 3 N–H and O–H groups in total. The van der Waals surface area contributed by atoms with Gasteiger partial charge in [0.25, 0.3) is 11.1 Å². The zero-order valence-electron chi connectivity index (χ0n) is 16.5. The third-order valence-corrected chi connectivity index (χ3v) is 5.29. The maximum atomic E-state index is 12.7. The highest BCUT2D eigenvalue weighted by Gasteiger charge is 2.22. The molecule has 2 heterocycles. The average Bonchev–Trinajstić information content (AvgIpc) is 2.65. The van der Waals surface area contributed by atoms with E-state index >= 15 is 0 Å². The molecule has 3 aromatic rings. The average molecular weight is 413 g/mol. The van der Waals surface area contributed by atoms with Crippen LogP contribution in [-0.2, 0) is 12.6 Å². The molecule has 0 spiro atoms. The van der Waals surface area contributed by atoms with Crippen molar-refractivity contribution < 1.29 is 5.11 Å². The quantitative estimate of drug-likeness (QED) is 0.609. The molecule has 0 bridgehead atoms. The van der Waals surface area contributed by atoms with E-state index in [4.69, 9.17) is 16.9 Å².